The number of hydrogen-bond acceptors (Lipinski definition) is 2. The summed E-state index contributed by atoms with van der Waals surface area (Å²) in [6.45, 7) is 6.44. The van der Waals surface area contributed by atoms with E-state index in [1.54, 1.807) is 0 Å². The fourth-order valence-corrected chi connectivity index (χ4v) is 1.95. The Labute approximate surface area is 99.1 Å². The van der Waals surface area contributed by atoms with Crippen LogP contribution in [0.15, 0.2) is 16.6 Å². The largest absolute Gasteiger partial charge is 0.506 e. The quantitative estimate of drug-likeness (QED) is 0.745. The molecule has 0 spiro atoms. The van der Waals surface area contributed by atoms with Crippen molar-refractivity contribution in [1.82, 2.24) is 0 Å². The molecule has 0 saturated heterocycles. The van der Waals surface area contributed by atoms with Crippen molar-refractivity contribution in [3.63, 3.8) is 0 Å². The maximum atomic E-state index is 9.69. The van der Waals surface area contributed by atoms with Crippen LogP contribution < -0.4 is 0 Å². The molecule has 1 aromatic carbocycles. The minimum absolute atomic E-state index is 0.0912. The Kier molecular flexibility index (Phi) is 3.53. The van der Waals surface area contributed by atoms with Crippen LogP contribution in [0, 0.1) is 0 Å². The van der Waals surface area contributed by atoms with E-state index in [1.807, 2.05) is 12.1 Å². The highest BCUT2D eigenvalue weighted by molar-refractivity contribution is 9.10. The predicted octanol–water partition coefficient (Wildman–Crippen LogP) is 3.88. The highest BCUT2D eigenvalue weighted by Gasteiger charge is 2.17. The molecule has 0 atom stereocenters. The lowest BCUT2D eigenvalue weighted by Gasteiger charge is -2.20. The summed E-state index contributed by atoms with van der Waals surface area (Å²) >= 11 is 7.54. The van der Waals surface area contributed by atoms with Crippen molar-refractivity contribution in [3.8, 4) is 5.75 Å². The second-order valence-electron chi connectivity index (χ2n) is 4.37. The van der Waals surface area contributed by atoms with Gasteiger partial charge in [0.25, 0.3) is 0 Å². The SMILES string of the molecule is CC(C)(C)c1cc(Br)c(O)c(CS)c1. The van der Waals surface area contributed by atoms with E-state index < -0.39 is 0 Å². The molecule has 78 valence electrons. The highest BCUT2D eigenvalue weighted by atomic mass is 79.9. The van der Waals surface area contributed by atoms with Gasteiger partial charge in [0, 0.05) is 11.3 Å². The molecule has 0 aromatic heterocycles. The second-order valence-corrected chi connectivity index (χ2v) is 5.54. The number of aromatic hydroxyl groups is 1. The molecule has 1 rings (SSSR count). The van der Waals surface area contributed by atoms with Gasteiger partial charge in [0.05, 0.1) is 4.47 Å². The van der Waals surface area contributed by atoms with Gasteiger partial charge in [-0.2, -0.15) is 12.6 Å². The van der Waals surface area contributed by atoms with E-state index in [9.17, 15) is 5.11 Å². The maximum Gasteiger partial charge on any atom is 0.133 e. The third kappa shape index (κ3) is 2.45. The van der Waals surface area contributed by atoms with Crippen LogP contribution in [0.25, 0.3) is 0 Å². The first kappa shape index (κ1) is 11.9. The number of phenolic OH excluding ortho intramolecular Hbond substituents is 1. The van der Waals surface area contributed by atoms with Gasteiger partial charge < -0.3 is 5.11 Å². The van der Waals surface area contributed by atoms with E-state index in [4.69, 9.17) is 0 Å². The van der Waals surface area contributed by atoms with E-state index in [-0.39, 0.29) is 5.41 Å². The molecule has 3 heteroatoms. The summed E-state index contributed by atoms with van der Waals surface area (Å²) in [5, 5.41) is 9.69. The van der Waals surface area contributed by atoms with Gasteiger partial charge >= 0.3 is 0 Å². The lowest BCUT2D eigenvalue weighted by atomic mass is 9.86. The molecular formula is C11H15BrOS. The number of halogens is 1. The van der Waals surface area contributed by atoms with Gasteiger partial charge in [0.1, 0.15) is 5.75 Å². The van der Waals surface area contributed by atoms with Gasteiger partial charge in [-0.3, -0.25) is 0 Å². The van der Waals surface area contributed by atoms with Gasteiger partial charge in [-0.1, -0.05) is 26.8 Å². The van der Waals surface area contributed by atoms with Gasteiger partial charge in [-0.25, -0.2) is 0 Å². The molecule has 0 radical (unpaired) electrons. The lowest BCUT2D eigenvalue weighted by Crippen LogP contribution is -2.11. The predicted molar refractivity (Wildman–Crippen MR) is 67.2 cm³/mol. The molecular weight excluding hydrogens is 260 g/mol. The van der Waals surface area contributed by atoms with Crippen molar-refractivity contribution in [2.75, 3.05) is 0 Å². The summed E-state index contributed by atoms with van der Waals surface area (Å²) in [4.78, 5) is 0. The van der Waals surface area contributed by atoms with Gasteiger partial charge in [-0.15, -0.1) is 0 Å². The Bertz CT molecular complexity index is 342. The lowest BCUT2D eigenvalue weighted by molar-refractivity contribution is 0.465. The summed E-state index contributed by atoms with van der Waals surface area (Å²) in [5.74, 6) is 0.849. The van der Waals surface area contributed by atoms with Crippen molar-refractivity contribution in [3.05, 3.63) is 27.7 Å². The van der Waals surface area contributed by atoms with E-state index in [0.29, 0.717) is 11.5 Å². The van der Waals surface area contributed by atoms with Crippen molar-refractivity contribution >= 4 is 28.6 Å². The summed E-state index contributed by atoms with van der Waals surface area (Å²) in [7, 11) is 0. The summed E-state index contributed by atoms with van der Waals surface area (Å²) in [6, 6.07) is 3.97. The average Bonchev–Trinajstić information content (AvgIpc) is 2.07. The molecule has 0 amide bonds. The molecule has 0 aliphatic rings. The van der Waals surface area contributed by atoms with Gasteiger partial charge in [0.15, 0.2) is 0 Å². The summed E-state index contributed by atoms with van der Waals surface area (Å²) < 4.78 is 0.744. The smallest absolute Gasteiger partial charge is 0.133 e. The van der Waals surface area contributed by atoms with Crippen LogP contribution in [-0.2, 0) is 11.2 Å². The zero-order chi connectivity index (χ0) is 10.9. The van der Waals surface area contributed by atoms with E-state index in [0.717, 1.165) is 10.0 Å². The molecule has 1 N–H and O–H groups in total. The van der Waals surface area contributed by atoms with E-state index >= 15 is 0 Å². The maximum absolute atomic E-state index is 9.69. The number of benzene rings is 1. The molecule has 1 aromatic rings. The molecule has 0 bridgehead atoms. The van der Waals surface area contributed by atoms with Gasteiger partial charge in [0.2, 0.25) is 0 Å². The fourth-order valence-electron chi connectivity index (χ4n) is 1.21. The standard InChI is InChI=1S/C11H15BrOS/c1-11(2,3)8-4-7(6-14)10(13)9(12)5-8/h4-5,13-14H,6H2,1-3H3. The minimum atomic E-state index is 0.0912. The number of hydrogen-bond donors (Lipinski definition) is 2. The van der Waals surface area contributed by atoms with Gasteiger partial charge in [-0.05, 0) is 33.0 Å². The normalized spacial score (nSPS) is 11.8. The van der Waals surface area contributed by atoms with Crippen LogP contribution in [-0.4, -0.2) is 5.11 Å². The van der Waals surface area contributed by atoms with Crippen molar-refractivity contribution in [2.45, 2.75) is 31.9 Å². The van der Waals surface area contributed by atoms with Crippen molar-refractivity contribution in [1.29, 1.82) is 0 Å². The first-order chi connectivity index (χ1) is 6.36. The van der Waals surface area contributed by atoms with Crippen LogP contribution in [0.1, 0.15) is 31.9 Å². The third-order valence-electron chi connectivity index (χ3n) is 2.18. The van der Waals surface area contributed by atoms with Crippen molar-refractivity contribution in [2.24, 2.45) is 0 Å². The fraction of sp³-hybridized carbons (Fsp3) is 0.455. The van der Waals surface area contributed by atoms with E-state index in [2.05, 4.69) is 49.3 Å². The zero-order valence-corrected chi connectivity index (χ0v) is 11.1. The number of phenols is 1. The highest BCUT2D eigenvalue weighted by Crippen LogP contribution is 2.34. The zero-order valence-electron chi connectivity index (χ0n) is 8.63. The first-order valence-corrected chi connectivity index (χ1v) is 5.91. The van der Waals surface area contributed by atoms with Crippen LogP contribution in [0.5, 0.6) is 5.75 Å². The monoisotopic (exact) mass is 274 g/mol. The molecule has 1 nitrogen and oxygen atoms in total. The molecule has 0 heterocycles. The summed E-state index contributed by atoms with van der Waals surface area (Å²) in [5.41, 5.74) is 2.16. The number of thiol groups is 1. The Hall–Kier alpha value is -0.150. The molecule has 0 aliphatic carbocycles. The molecule has 0 unspecified atom stereocenters. The Morgan fingerprint density at radius 3 is 2.36 bits per heavy atom. The molecule has 14 heavy (non-hydrogen) atoms. The Morgan fingerprint density at radius 2 is 1.93 bits per heavy atom. The topological polar surface area (TPSA) is 20.2 Å². The summed E-state index contributed by atoms with van der Waals surface area (Å²) in [6.07, 6.45) is 0. The minimum Gasteiger partial charge on any atom is -0.506 e. The number of rotatable bonds is 1. The second kappa shape index (κ2) is 4.15. The molecule has 0 fully saturated rings. The van der Waals surface area contributed by atoms with Crippen LogP contribution in [0.4, 0.5) is 0 Å². The Balaban J connectivity index is 3.30. The Morgan fingerprint density at radius 1 is 1.36 bits per heavy atom. The van der Waals surface area contributed by atoms with E-state index in [1.165, 1.54) is 5.56 Å². The first-order valence-electron chi connectivity index (χ1n) is 4.49. The van der Waals surface area contributed by atoms with Crippen molar-refractivity contribution < 1.29 is 5.11 Å². The van der Waals surface area contributed by atoms with Crippen LogP contribution >= 0.6 is 28.6 Å². The third-order valence-corrected chi connectivity index (χ3v) is 3.12. The van der Waals surface area contributed by atoms with Crippen LogP contribution in [0.2, 0.25) is 0 Å². The van der Waals surface area contributed by atoms with Crippen LogP contribution in [0.3, 0.4) is 0 Å². The molecule has 0 saturated carbocycles. The molecule has 0 aliphatic heterocycles. The average molecular weight is 275 g/mol.